The highest BCUT2D eigenvalue weighted by Gasteiger charge is 2.25. The van der Waals surface area contributed by atoms with Gasteiger partial charge in [-0.05, 0) is 30.3 Å². The Hall–Kier alpha value is -2.90. The van der Waals surface area contributed by atoms with Crippen LogP contribution in [0.25, 0.3) is 11.0 Å². The minimum Gasteiger partial charge on any atom is -0.497 e. The van der Waals surface area contributed by atoms with Crippen molar-refractivity contribution in [2.24, 2.45) is 0 Å². The Morgan fingerprint density at radius 1 is 0.900 bits per heavy atom. The second-order valence-electron chi connectivity index (χ2n) is 7.76. The topological polar surface area (TPSA) is 57.6 Å². The lowest BCUT2D eigenvalue weighted by Gasteiger charge is -2.30. The summed E-state index contributed by atoms with van der Waals surface area (Å²) < 4.78 is 29.6. The second kappa shape index (κ2) is 8.85. The minimum atomic E-state index is -0.340. The van der Waals surface area contributed by atoms with Crippen LogP contribution in [0.5, 0.6) is 11.5 Å². The van der Waals surface area contributed by atoms with Crippen LogP contribution in [0.4, 0.5) is 4.39 Å². The van der Waals surface area contributed by atoms with Gasteiger partial charge in [0.25, 0.3) is 0 Å². The Morgan fingerprint density at radius 2 is 1.60 bits per heavy atom. The highest BCUT2D eigenvalue weighted by atomic mass is 19.1. The summed E-state index contributed by atoms with van der Waals surface area (Å²) in [6.45, 7) is 5.41. The van der Waals surface area contributed by atoms with Crippen molar-refractivity contribution < 1.29 is 28.1 Å². The summed E-state index contributed by atoms with van der Waals surface area (Å²) in [7, 11) is 3.21. The van der Waals surface area contributed by atoms with Crippen LogP contribution in [0.3, 0.4) is 0 Å². The number of ether oxygens (including phenoxy) is 2. The Morgan fingerprint density at radius 3 is 2.27 bits per heavy atom. The fraction of sp³-hybridized carbons (Fsp3) is 0.348. The van der Waals surface area contributed by atoms with Crippen molar-refractivity contribution in [3.8, 4) is 11.5 Å². The quantitative estimate of drug-likeness (QED) is 0.575. The molecule has 0 unspecified atom stereocenters. The first kappa shape index (κ1) is 20.4. The van der Waals surface area contributed by atoms with E-state index in [1.165, 1.54) is 15.9 Å². The molecular formula is C23H27FN2O4+2. The summed E-state index contributed by atoms with van der Waals surface area (Å²) in [5.74, 6) is 1.16. The summed E-state index contributed by atoms with van der Waals surface area (Å²) >= 11 is 0. The lowest BCUT2D eigenvalue weighted by atomic mass is 10.1. The normalized spacial score (nSPS) is 19.0. The van der Waals surface area contributed by atoms with Gasteiger partial charge in [-0.15, -0.1) is 0 Å². The first-order chi connectivity index (χ1) is 14.6. The molecule has 1 aliphatic rings. The van der Waals surface area contributed by atoms with Crippen molar-refractivity contribution in [2.75, 3.05) is 40.4 Å². The van der Waals surface area contributed by atoms with E-state index in [4.69, 9.17) is 13.9 Å². The molecular weight excluding hydrogens is 387 g/mol. The maximum Gasteiger partial charge on any atom is 0.336 e. The maximum atomic E-state index is 13.6. The number of piperazine rings is 1. The first-order valence-electron chi connectivity index (χ1n) is 10.2. The molecule has 1 fully saturated rings. The molecule has 30 heavy (non-hydrogen) atoms. The number of methoxy groups -OCH3 is 2. The van der Waals surface area contributed by atoms with E-state index in [-0.39, 0.29) is 11.4 Å². The zero-order valence-corrected chi connectivity index (χ0v) is 17.3. The van der Waals surface area contributed by atoms with Gasteiger partial charge in [0.05, 0.1) is 19.8 Å². The van der Waals surface area contributed by atoms with Crippen molar-refractivity contribution >= 4 is 11.0 Å². The van der Waals surface area contributed by atoms with Crippen LogP contribution in [0, 0.1) is 5.82 Å². The lowest BCUT2D eigenvalue weighted by molar-refractivity contribution is -1.02. The molecule has 0 amide bonds. The van der Waals surface area contributed by atoms with Crippen LogP contribution in [0.1, 0.15) is 11.1 Å². The predicted molar refractivity (Wildman–Crippen MR) is 111 cm³/mol. The molecule has 6 nitrogen and oxygen atoms in total. The summed E-state index contributed by atoms with van der Waals surface area (Å²) in [6, 6.07) is 11.9. The molecule has 158 valence electrons. The highest BCUT2D eigenvalue weighted by Crippen LogP contribution is 2.22. The Bertz CT molecular complexity index is 1090. The Balaban J connectivity index is 1.43. The predicted octanol–water partition coefficient (Wildman–Crippen LogP) is 0.433. The zero-order valence-electron chi connectivity index (χ0n) is 17.3. The van der Waals surface area contributed by atoms with Crippen molar-refractivity contribution in [3.05, 3.63) is 69.8 Å². The zero-order chi connectivity index (χ0) is 21.1. The molecule has 0 bridgehead atoms. The van der Waals surface area contributed by atoms with Gasteiger partial charge in [0.15, 0.2) is 0 Å². The van der Waals surface area contributed by atoms with Crippen LogP contribution in [0.2, 0.25) is 0 Å². The highest BCUT2D eigenvalue weighted by molar-refractivity contribution is 5.81. The molecule has 0 spiro atoms. The van der Waals surface area contributed by atoms with E-state index in [0.29, 0.717) is 11.3 Å². The number of quaternary nitrogens is 2. The number of benzene rings is 2. The maximum absolute atomic E-state index is 13.6. The molecule has 1 aromatic heterocycles. The van der Waals surface area contributed by atoms with E-state index >= 15 is 0 Å². The van der Waals surface area contributed by atoms with Crippen LogP contribution < -0.4 is 24.9 Å². The molecule has 0 radical (unpaired) electrons. The summed E-state index contributed by atoms with van der Waals surface area (Å²) in [5, 5.41) is 0.946. The number of hydrogen-bond donors (Lipinski definition) is 2. The van der Waals surface area contributed by atoms with Gasteiger partial charge < -0.3 is 23.7 Å². The number of hydrogen-bond acceptors (Lipinski definition) is 4. The van der Waals surface area contributed by atoms with Gasteiger partial charge in [-0.2, -0.15) is 0 Å². The molecule has 1 saturated heterocycles. The van der Waals surface area contributed by atoms with E-state index in [2.05, 4.69) is 0 Å². The van der Waals surface area contributed by atoms with Crippen molar-refractivity contribution in [2.45, 2.75) is 13.1 Å². The third-order valence-electron chi connectivity index (χ3n) is 5.82. The number of halogens is 1. The lowest BCUT2D eigenvalue weighted by Crippen LogP contribution is -3.27. The van der Waals surface area contributed by atoms with Crippen molar-refractivity contribution in [1.29, 1.82) is 0 Å². The molecule has 3 aromatic rings. The van der Waals surface area contributed by atoms with Crippen LogP contribution in [-0.2, 0) is 13.1 Å². The second-order valence-corrected chi connectivity index (χ2v) is 7.76. The summed E-state index contributed by atoms with van der Waals surface area (Å²) in [4.78, 5) is 14.9. The molecule has 2 aromatic carbocycles. The molecule has 0 atom stereocenters. The molecule has 2 heterocycles. The van der Waals surface area contributed by atoms with E-state index < -0.39 is 0 Å². The van der Waals surface area contributed by atoms with Crippen LogP contribution in [0.15, 0.2) is 51.7 Å². The molecule has 1 aliphatic heterocycles. The van der Waals surface area contributed by atoms with E-state index in [9.17, 15) is 9.18 Å². The molecule has 7 heteroatoms. The summed E-state index contributed by atoms with van der Waals surface area (Å²) in [5.41, 5.74) is 2.11. The molecule has 0 aliphatic carbocycles. The average Bonchev–Trinajstić information content (AvgIpc) is 2.74. The number of rotatable bonds is 6. The Kier molecular flexibility index (Phi) is 6.01. The smallest absolute Gasteiger partial charge is 0.336 e. The SMILES string of the molecule is COc1ccc2c(C[NH+]3CC[NH+](Cc4cc(F)ccc4OC)CC3)cc(=O)oc2c1. The third kappa shape index (κ3) is 4.47. The third-order valence-corrected chi connectivity index (χ3v) is 5.82. The largest absolute Gasteiger partial charge is 0.497 e. The minimum absolute atomic E-state index is 0.235. The van der Waals surface area contributed by atoms with Crippen LogP contribution in [-0.4, -0.2) is 40.4 Å². The van der Waals surface area contributed by atoms with E-state index in [1.54, 1.807) is 38.5 Å². The number of fused-ring (bicyclic) bond motifs is 1. The fourth-order valence-corrected chi connectivity index (χ4v) is 4.22. The van der Waals surface area contributed by atoms with Crippen molar-refractivity contribution in [1.82, 2.24) is 0 Å². The van der Waals surface area contributed by atoms with Gasteiger partial charge in [-0.3, -0.25) is 0 Å². The molecule has 4 rings (SSSR count). The van der Waals surface area contributed by atoms with E-state index in [0.717, 1.165) is 61.5 Å². The summed E-state index contributed by atoms with van der Waals surface area (Å²) in [6.07, 6.45) is 0. The van der Waals surface area contributed by atoms with Crippen LogP contribution >= 0.6 is 0 Å². The fourth-order valence-electron chi connectivity index (χ4n) is 4.22. The van der Waals surface area contributed by atoms with Gasteiger partial charge in [0.2, 0.25) is 0 Å². The van der Waals surface area contributed by atoms with Gasteiger partial charge in [0.1, 0.15) is 62.2 Å². The van der Waals surface area contributed by atoms with Gasteiger partial charge >= 0.3 is 5.63 Å². The Labute approximate surface area is 174 Å². The standard InChI is InChI=1S/C23H25FN2O4/c1-28-19-4-5-20-16(12-23(27)30-22(20)13-19)14-25-7-9-26(10-8-25)15-17-11-18(24)3-6-21(17)29-2/h3-6,11-13H,7-10,14-15H2,1-2H3/p+2. The monoisotopic (exact) mass is 414 g/mol. The van der Waals surface area contributed by atoms with Gasteiger partial charge in [-0.25, -0.2) is 9.18 Å². The van der Waals surface area contributed by atoms with Crippen molar-refractivity contribution in [3.63, 3.8) is 0 Å². The van der Waals surface area contributed by atoms with E-state index in [1.807, 2.05) is 12.1 Å². The molecule has 2 N–H and O–H groups in total. The van der Waals surface area contributed by atoms with Gasteiger partial charge in [-0.1, -0.05) is 0 Å². The number of nitrogens with one attached hydrogen (secondary N) is 2. The first-order valence-corrected chi connectivity index (χ1v) is 10.2. The molecule has 0 saturated carbocycles. The average molecular weight is 414 g/mol. The van der Waals surface area contributed by atoms with Gasteiger partial charge in [0, 0.05) is 23.1 Å².